The van der Waals surface area contributed by atoms with Crippen molar-refractivity contribution >= 4 is 5.97 Å². The summed E-state index contributed by atoms with van der Waals surface area (Å²) >= 11 is 0. The fourth-order valence-electron chi connectivity index (χ4n) is 2.84. The molecular formula is C14H23NO2. The van der Waals surface area contributed by atoms with E-state index in [0.717, 1.165) is 25.7 Å². The molecule has 96 valence electrons. The first-order valence-electron chi connectivity index (χ1n) is 6.57. The summed E-state index contributed by atoms with van der Waals surface area (Å²) in [6, 6.07) is 0. The van der Waals surface area contributed by atoms with Gasteiger partial charge in [-0.25, -0.2) is 0 Å². The van der Waals surface area contributed by atoms with Crippen molar-refractivity contribution in [3.63, 3.8) is 0 Å². The molecule has 1 aliphatic rings. The zero-order valence-electron chi connectivity index (χ0n) is 10.9. The van der Waals surface area contributed by atoms with E-state index in [1.807, 2.05) is 6.92 Å². The molecule has 3 nitrogen and oxygen atoms in total. The molecule has 1 saturated carbocycles. The second kappa shape index (κ2) is 6.66. The van der Waals surface area contributed by atoms with Crippen LogP contribution in [0.3, 0.4) is 0 Å². The molecule has 0 amide bonds. The lowest BCUT2D eigenvalue weighted by atomic mass is 9.71. The Labute approximate surface area is 104 Å². The second-order valence-corrected chi connectivity index (χ2v) is 4.60. The fourth-order valence-corrected chi connectivity index (χ4v) is 2.84. The van der Waals surface area contributed by atoms with Gasteiger partial charge in [-0.3, -0.25) is 10.1 Å². The zero-order chi connectivity index (χ0) is 12.7. The molecule has 0 saturated heterocycles. The third-order valence-corrected chi connectivity index (χ3v) is 3.71. The summed E-state index contributed by atoms with van der Waals surface area (Å²) in [6.45, 7) is 4.82. The predicted octanol–water partition coefficient (Wildman–Crippen LogP) is 2.11. The van der Waals surface area contributed by atoms with Gasteiger partial charge >= 0.3 is 5.97 Å². The van der Waals surface area contributed by atoms with E-state index in [4.69, 9.17) is 11.2 Å². The van der Waals surface area contributed by atoms with Gasteiger partial charge in [0.15, 0.2) is 0 Å². The number of terminal acetylenes is 1. The maximum absolute atomic E-state index is 12.2. The number of carbonyl (C=O) groups is 1. The third-order valence-electron chi connectivity index (χ3n) is 3.71. The van der Waals surface area contributed by atoms with Gasteiger partial charge in [-0.05, 0) is 25.7 Å². The van der Waals surface area contributed by atoms with Crippen molar-refractivity contribution in [1.29, 1.82) is 0 Å². The van der Waals surface area contributed by atoms with Crippen molar-refractivity contribution in [2.45, 2.75) is 51.5 Å². The normalized spacial score (nSPS) is 28.4. The maximum atomic E-state index is 12.2. The Morgan fingerprint density at radius 3 is 2.88 bits per heavy atom. The minimum Gasteiger partial charge on any atom is -0.465 e. The van der Waals surface area contributed by atoms with E-state index in [1.54, 1.807) is 0 Å². The lowest BCUT2D eigenvalue weighted by molar-refractivity contribution is -0.155. The maximum Gasteiger partial charge on any atom is 0.326 e. The lowest BCUT2D eigenvalue weighted by Crippen LogP contribution is -2.59. The number of carbonyl (C=O) groups excluding carboxylic acids is 1. The molecule has 0 spiro atoms. The van der Waals surface area contributed by atoms with Gasteiger partial charge in [0.05, 0.1) is 13.2 Å². The summed E-state index contributed by atoms with van der Waals surface area (Å²) < 4.78 is 5.24. The molecule has 1 rings (SSSR count). The van der Waals surface area contributed by atoms with Gasteiger partial charge in [-0.2, -0.15) is 0 Å². The standard InChI is InChI=1S/C14H23NO2/c1-4-11-15-14(13(16)17-6-3)10-8-7-9-12(14)5-2/h1,12,15H,5-11H2,2-3H3. The van der Waals surface area contributed by atoms with Gasteiger partial charge in [0.25, 0.3) is 0 Å². The van der Waals surface area contributed by atoms with Gasteiger partial charge in [-0.15, -0.1) is 6.42 Å². The lowest BCUT2D eigenvalue weighted by Gasteiger charge is -2.42. The number of nitrogens with one attached hydrogen (secondary N) is 1. The van der Waals surface area contributed by atoms with Crippen molar-refractivity contribution in [1.82, 2.24) is 5.32 Å². The molecule has 2 atom stereocenters. The Morgan fingerprint density at radius 2 is 2.29 bits per heavy atom. The molecule has 0 bridgehead atoms. The minimum absolute atomic E-state index is 0.123. The van der Waals surface area contributed by atoms with Gasteiger partial charge in [0.1, 0.15) is 5.54 Å². The van der Waals surface area contributed by atoms with Crippen molar-refractivity contribution in [3.8, 4) is 12.3 Å². The molecule has 0 aromatic rings. The first-order valence-corrected chi connectivity index (χ1v) is 6.57. The highest BCUT2D eigenvalue weighted by Gasteiger charge is 2.46. The highest BCUT2D eigenvalue weighted by atomic mass is 16.5. The summed E-state index contributed by atoms with van der Waals surface area (Å²) in [5, 5.41) is 3.26. The molecule has 3 heteroatoms. The van der Waals surface area contributed by atoms with Crippen molar-refractivity contribution in [3.05, 3.63) is 0 Å². The average molecular weight is 237 g/mol. The largest absolute Gasteiger partial charge is 0.465 e. The average Bonchev–Trinajstić information content (AvgIpc) is 2.36. The number of hydrogen-bond donors (Lipinski definition) is 1. The van der Waals surface area contributed by atoms with Crippen LogP contribution in [0.5, 0.6) is 0 Å². The van der Waals surface area contributed by atoms with Crippen LogP contribution in [-0.2, 0) is 9.53 Å². The molecule has 1 N–H and O–H groups in total. The summed E-state index contributed by atoms with van der Waals surface area (Å²) in [4.78, 5) is 12.2. The van der Waals surface area contributed by atoms with E-state index in [-0.39, 0.29) is 5.97 Å². The SMILES string of the molecule is C#CCNC1(C(=O)OCC)CCCCC1CC. The molecule has 0 heterocycles. The molecule has 0 aliphatic heterocycles. The Kier molecular flexibility index (Phi) is 5.50. The number of ether oxygens (including phenoxy) is 1. The van der Waals surface area contributed by atoms with Crippen LogP contribution in [0, 0.1) is 18.3 Å². The van der Waals surface area contributed by atoms with Crippen LogP contribution < -0.4 is 5.32 Å². The van der Waals surface area contributed by atoms with Crippen molar-refractivity contribution in [2.24, 2.45) is 5.92 Å². The molecule has 17 heavy (non-hydrogen) atoms. The Bertz CT molecular complexity index is 295. The number of hydrogen-bond acceptors (Lipinski definition) is 3. The van der Waals surface area contributed by atoms with Crippen molar-refractivity contribution < 1.29 is 9.53 Å². The van der Waals surface area contributed by atoms with E-state index in [2.05, 4.69) is 18.2 Å². The number of esters is 1. The second-order valence-electron chi connectivity index (χ2n) is 4.60. The van der Waals surface area contributed by atoms with Gasteiger partial charge in [0.2, 0.25) is 0 Å². The van der Waals surface area contributed by atoms with Crippen LogP contribution in [0.25, 0.3) is 0 Å². The first-order chi connectivity index (χ1) is 8.21. The first kappa shape index (κ1) is 14.1. The van der Waals surface area contributed by atoms with E-state index in [1.165, 1.54) is 6.42 Å². The van der Waals surface area contributed by atoms with E-state index < -0.39 is 5.54 Å². The molecule has 0 radical (unpaired) electrons. The smallest absolute Gasteiger partial charge is 0.326 e. The summed E-state index contributed by atoms with van der Waals surface area (Å²) in [5.41, 5.74) is -0.546. The summed E-state index contributed by atoms with van der Waals surface area (Å²) in [7, 11) is 0. The molecule has 0 aromatic carbocycles. The Balaban J connectivity index is 2.89. The van der Waals surface area contributed by atoms with Crippen LogP contribution in [0.1, 0.15) is 46.0 Å². The van der Waals surface area contributed by atoms with Crippen LogP contribution in [0.2, 0.25) is 0 Å². The minimum atomic E-state index is -0.546. The highest BCUT2D eigenvalue weighted by molar-refractivity contribution is 5.81. The topological polar surface area (TPSA) is 38.3 Å². The van der Waals surface area contributed by atoms with Crippen LogP contribution in [0.4, 0.5) is 0 Å². The Hall–Kier alpha value is -1.01. The van der Waals surface area contributed by atoms with Crippen molar-refractivity contribution in [2.75, 3.05) is 13.2 Å². The van der Waals surface area contributed by atoms with E-state index >= 15 is 0 Å². The molecule has 1 fully saturated rings. The number of rotatable bonds is 5. The molecular weight excluding hydrogens is 214 g/mol. The van der Waals surface area contributed by atoms with E-state index in [9.17, 15) is 4.79 Å². The Morgan fingerprint density at radius 1 is 1.53 bits per heavy atom. The molecule has 0 aromatic heterocycles. The predicted molar refractivity (Wildman–Crippen MR) is 68.4 cm³/mol. The quantitative estimate of drug-likeness (QED) is 0.588. The molecule has 1 aliphatic carbocycles. The van der Waals surface area contributed by atoms with Crippen LogP contribution in [0.15, 0.2) is 0 Å². The monoisotopic (exact) mass is 237 g/mol. The summed E-state index contributed by atoms with van der Waals surface area (Å²) in [5.74, 6) is 2.78. The zero-order valence-corrected chi connectivity index (χ0v) is 10.9. The van der Waals surface area contributed by atoms with Gasteiger partial charge < -0.3 is 4.74 Å². The highest BCUT2D eigenvalue weighted by Crippen LogP contribution is 2.36. The van der Waals surface area contributed by atoms with E-state index in [0.29, 0.717) is 19.1 Å². The van der Waals surface area contributed by atoms with Crippen LogP contribution >= 0.6 is 0 Å². The van der Waals surface area contributed by atoms with Crippen LogP contribution in [-0.4, -0.2) is 24.7 Å². The van der Waals surface area contributed by atoms with Gasteiger partial charge in [-0.1, -0.05) is 32.1 Å². The fraction of sp³-hybridized carbons (Fsp3) is 0.786. The van der Waals surface area contributed by atoms with Gasteiger partial charge in [0, 0.05) is 0 Å². The molecule has 2 unspecified atom stereocenters. The summed E-state index contributed by atoms with van der Waals surface area (Å²) in [6.07, 6.45) is 10.5. The third kappa shape index (κ3) is 3.01.